The summed E-state index contributed by atoms with van der Waals surface area (Å²) < 4.78 is 5.85. The summed E-state index contributed by atoms with van der Waals surface area (Å²) in [4.78, 5) is 13.1. The predicted molar refractivity (Wildman–Crippen MR) is 82.1 cm³/mol. The molecule has 108 valence electrons. The summed E-state index contributed by atoms with van der Waals surface area (Å²) in [6, 6.07) is 7.27. The van der Waals surface area contributed by atoms with E-state index in [4.69, 9.17) is 4.74 Å². The Labute approximate surface area is 126 Å². The van der Waals surface area contributed by atoms with E-state index in [1.807, 2.05) is 12.1 Å². The van der Waals surface area contributed by atoms with Crippen LogP contribution >= 0.6 is 12.6 Å². The van der Waals surface area contributed by atoms with Gasteiger partial charge in [0.25, 0.3) is 0 Å². The molecule has 2 nitrogen and oxygen atoms in total. The van der Waals surface area contributed by atoms with Crippen molar-refractivity contribution in [3.63, 3.8) is 0 Å². The number of thiol groups is 1. The van der Waals surface area contributed by atoms with Crippen LogP contribution in [-0.4, -0.2) is 12.1 Å². The highest BCUT2D eigenvalue weighted by Gasteiger charge is 2.62. The van der Waals surface area contributed by atoms with Crippen LogP contribution in [0.5, 0.6) is 0 Å². The van der Waals surface area contributed by atoms with Gasteiger partial charge >= 0.3 is 5.97 Å². The Hall–Kier alpha value is -0.960. The Morgan fingerprint density at radius 3 is 2.65 bits per heavy atom. The maximum Gasteiger partial charge on any atom is 0.338 e. The van der Waals surface area contributed by atoms with Gasteiger partial charge < -0.3 is 4.74 Å². The van der Waals surface area contributed by atoms with Gasteiger partial charge in [0.1, 0.15) is 6.10 Å². The summed E-state index contributed by atoms with van der Waals surface area (Å²) in [6.07, 6.45) is 3.49. The SMILES string of the molecule is CC1(C)C2CCC1(C)C(OC(=O)c1cccc(S)c1)C2. The van der Waals surface area contributed by atoms with Crippen LogP contribution in [0.4, 0.5) is 0 Å². The lowest BCUT2D eigenvalue weighted by molar-refractivity contribution is -0.0242. The van der Waals surface area contributed by atoms with E-state index in [0.29, 0.717) is 11.5 Å². The first-order chi connectivity index (χ1) is 9.34. The topological polar surface area (TPSA) is 26.3 Å². The van der Waals surface area contributed by atoms with Crippen LogP contribution < -0.4 is 0 Å². The monoisotopic (exact) mass is 290 g/mol. The Morgan fingerprint density at radius 2 is 2.10 bits per heavy atom. The van der Waals surface area contributed by atoms with Gasteiger partial charge in [0, 0.05) is 10.3 Å². The Morgan fingerprint density at radius 1 is 1.35 bits per heavy atom. The summed E-state index contributed by atoms with van der Waals surface area (Å²) in [5.74, 6) is 0.469. The third kappa shape index (κ3) is 1.90. The molecular weight excluding hydrogens is 268 g/mol. The standard InChI is InChI=1S/C17H22O2S/c1-16(2)12-7-8-17(16,3)14(10-12)19-15(18)11-5-4-6-13(20)9-11/h4-6,9,12,14,20H,7-8,10H2,1-3H3. The number of carbonyl (C=O) groups is 1. The molecule has 0 spiro atoms. The second kappa shape index (κ2) is 4.52. The highest BCUT2D eigenvalue weighted by molar-refractivity contribution is 7.80. The fourth-order valence-electron chi connectivity index (χ4n) is 4.14. The predicted octanol–water partition coefficient (Wildman–Crippen LogP) is 4.35. The van der Waals surface area contributed by atoms with Crippen molar-refractivity contribution in [3.8, 4) is 0 Å². The number of hydrogen-bond acceptors (Lipinski definition) is 3. The van der Waals surface area contributed by atoms with E-state index < -0.39 is 0 Å². The minimum absolute atomic E-state index is 0.0484. The van der Waals surface area contributed by atoms with Gasteiger partial charge in [-0.15, -0.1) is 12.6 Å². The van der Waals surface area contributed by atoms with E-state index in [2.05, 4.69) is 33.4 Å². The zero-order valence-corrected chi connectivity index (χ0v) is 13.2. The molecule has 0 aromatic heterocycles. The molecule has 0 radical (unpaired) electrons. The van der Waals surface area contributed by atoms with E-state index in [1.165, 1.54) is 6.42 Å². The van der Waals surface area contributed by atoms with Crippen molar-refractivity contribution in [1.29, 1.82) is 0 Å². The number of fused-ring (bicyclic) bond motifs is 2. The fraction of sp³-hybridized carbons (Fsp3) is 0.588. The first kappa shape index (κ1) is 14.0. The molecule has 3 heteroatoms. The molecular formula is C17H22O2S. The summed E-state index contributed by atoms with van der Waals surface area (Å²) in [7, 11) is 0. The first-order valence-electron chi connectivity index (χ1n) is 7.34. The van der Waals surface area contributed by atoms with E-state index in [-0.39, 0.29) is 22.9 Å². The number of ether oxygens (including phenoxy) is 1. The van der Waals surface area contributed by atoms with Crippen molar-refractivity contribution >= 4 is 18.6 Å². The number of carbonyl (C=O) groups excluding carboxylic acids is 1. The van der Waals surface area contributed by atoms with Crippen LogP contribution in [0.2, 0.25) is 0 Å². The number of esters is 1. The quantitative estimate of drug-likeness (QED) is 0.647. The minimum Gasteiger partial charge on any atom is -0.458 e. The van der Waals surface area contributed by atoms with Crippen molar-refractivity contribution in [1.82, 2.24) is 0 Å². The first-order valence-corrected chi connectivity index (χ1v) is 7.79. The Bertz CT molecular complexity index is 552. The van der Waals surface area contributed by atoms with Crippen LogP contribution in [0.15, 0.2) is 29.2 Å². The maximum atomic E-state index is 12.3. The van der Waals surface area contributed by atoms with Gasteiger partial charge in [-0.2, -0.15) is 0 Å². The normalized spacial score (nSPS) is 34.2. The molecule has 3 atom stereocenters. The average molecular weight is 290 g/mol. The van der Waals surface area contributed by atoms with E-state index in [0.717, 1.165) is 17.7 Å². The molecule has 3 rings (SSSR count). The number of benzene rings is 1. The van der Waals surface area contributed by atoms with Crippen LogP contribution in [0.25, 0.3) is 0 Å². The molecule has 0 saturated heterocycles. The molecule has 0 amide bonds. The van der Waals surface area contributed by atoms with E-state index in [9.17, 15) is 4.79 Å². The van der Waals surface area contributed by atoms with Gasteiger partial charge in [-0.25, -0.2) is 4.79 Å². The largest absolute Gasteiger partial charge is 0.458 e. The van der Waals surface area contributed by atoms with Crippen LogP contribution in [0.3, 0.4) is 0 Å². The molecule has 1 aromatic carbocycles. The second-order valence-corrected chi connectivity index (χ2v) is 7.57. The summed E-state index contributed by atoms with van der Waals surface area (Å²) in [5, 5.41) is 0. The number of hydrogen-bond donors (Lipinski definition) is 1. The molecule has 2 bridgehead atoms. The van der Waals surface area contributed by atoms with Crippen LogP contribution in [-0.2, 0) is 4.74 Å². The van der Waals surface area contributed by atoms with Crippen molar-refractivity contribution in [2.24, 2.45) is 16.7 Å². The molecule has 0 aliphatic heterocycles. The zero-order valence-electron chi connectivity index (χ0n) is 12.3. The van der Waals surface area contributed by atoms with Crippen molar-refractivity contribution < 1.29 is 9.53 Å². The molecule has 2 aliphatic carbocycles. The summed E-state index contributed by atoms with van der Waals surface area (Å²) in [6.45, 7) is 6.94. The molecule has 1 aromatic rings. The zero-order chi connectivity index (χ0) is 14.5. The van der Waals surface area contributed by atoms with Crippen LogP contribution in [0, 0.1) is 16.7 Å². The van der Waals surface area contributed by atoms with Gasteiger partial charge in [0.2, 0.25) is 0 Å². The summed E-state index contributed by atoms with van der Waals surface area (Å²) >= 11 is 4.28. The van der Waals surface area contributed by atoms with Gasteiger partial charge in [0.15, 0.2) is 0 Å². The lowest BCUT2D eigenvalue weighted by atomic mass is 9.70. The fourth-order valence-corrected chi connectivity index (χ4v) is 4.36. The van der Waals surface area contributed by atoms with E-state index in [1.54, 1.807) is 12.1 Å². The molecule has 20 heavy (non-hydrogen) atoms. The molecule has 3 unspecified atom stereocenters. The van der Waals surface area contributed by atoms with Crippen molar-refractivity contribution in [2.75, 3.05) is 0 Å². The Balaban J connectivity index is 1.78. The maximum absolute atomic E-state index is 12.3. The lowest BCUT2D eigenvalue weighted by Gasteiger charge is -2.38. The molecule has 0 heterocycles. The molecule has 2 aliphatic rings. The highest BCUT2D eigenvalue weighted by Crippen LogP contribution is 2.66. The Kier molecular flexibility index (Phi) is 3.16. The third-order valence-electron chi connectivity index (χ3n) is 6.05. The van der Waals surface area contributed by atoms with Crippen molar-refractivity contribution in [3.05, 3.63) is 29.8 Å². The summed E-state index contributed by atoms with van der Waals surface area (Å²) in [5.41, 5.74) is 0.983. The van der Waals surface area contributed by atoms with Gasteiger partial charge in [-0.05, 0) is 48.8 Å². The average Bonchev–Trinajstić information content (AvgIpc) is 2.72. The minimum atomic E-state index is -0.213. The molecule has 2 fully saturated rings. The third-order valence-corrected chi connectivity index (χ3v) is 6.32. The van der Waals surface area contributed by atoms with Gasteiger partial charge in [-0.3, -0.25) is 0 Å². The molecule has 0 N–H and O–H groups in total. The van der Waals surface area contributed by atoms with Gasteiger partial charge in [0.05, 0.1) is 5.56 Å². The second-order valence-electron chi connectivity index (χ2n) is 7.05. The smallest absolute Gasteiger partial charge is 0.338 e. The number of rotatable bonds is 2. The van der Waals surface area contributed by atoms with Gasteiger partial charge in [-0.1, -0.05) is 26.8 Å². The lowest BCUT2D eigenvalue weighted by Crippen LogP contribution is -2.38. The van der Waals surface area contributed by atoms with E-state index >= 15 is 0 Å². The molecule has 2 saturated carbocycles. The van der Waals surface area contributed by atoms with Crippen molar-refractivity contribution in [2.45, 2.75) is 51.0 Å². The highest BCUT2D eigenvalue weighted by atomic mass is 32.1. The van der Waals surface area contributed by atoms with Crippen LogP contribution in [0.1, 0.15) is 50.4 Å².